The summed E-state index contributed by atoms with van der Waals surface area (Å²) in [5.74, 6) is -0.514. The van der Waals surface area contributed by atoms with Gasteiger partial charge in [0, 0.05) is 6.42 Å². The van der Waals surface area contributed by atoms with Crippen molar-refractivity contribution in [3.63, 3.8) is 0 Å². The van der Waals surface area contributed by atoms with Crippen LogP contribution in [0.4, 0.5) is 0 Å². The molecule has 0 aromatic rings. The Morgan fingerprint density at radius 3 is 1.61 bits per heavy atom. The predicted molar refractivity (Wildman–Crippen MR) is 245 cm³/mol. The molecule has 0 aromatic carbocycles. The van der Waals surface area contributed by atoms with E-state index in [-0.39, 0.29) is 24.9 Å². The van der Waals surface area contributed by atoms with E-state index in [0.717, 1.165) is 103 Å². The van der Waals surface area contributed by atoms with Crippen molar-refractivity contribution in [2.24, 2.45) is 0 Å². The van der Waals surface area contributed by atoms with Gasteiger partial charge in [-0.05, 0) is 70.6 Å². The molecule has 0 aliphatic heterocycles. The van der Waals surface area contributed by atoms with Gasteiger partial charge in [-0.3, -0.25) is 9.59 Å². The first-order valence-corrected chi connectivity index (χ1v) is 24.0. The highest BCUT2D eigenvalue weighted by atomic mass is 16.5. The molecule has 0 saturated heterocycles. The van der Waals surface area contributed by atoms with E-state index in [4.69, 9.17) is 4.74 Å². The summed E-state index contributed by atoms with van der Waals surface area (Å²) in [5, 5.41) is 23.7. The zero-order chi connectivity index (χ0) is 41.7. The minimum Gasteiger partial charge on any atom is -0.462 e. The first-order valence-electron chi connectivity index (χ1n) is 24.0. The normalized spacial score (nSPS) is 13.8. The molecule has 6 nitrogen and oxygen atoms in total. The molecule has 3 N–H and O–H groups in total. The first-order chi connectivity index (χ1) is 28.0. The fraction of sp³-hybridized carbons (Fsp3) is 0.765. The SMILES string of the molecule is CC/C=C/C=C/C=C\CCCCCCCC(=O)OC(CCCCCCC/C=C/C/C=C/CC)CC(=O)NC(CO)C(O)CCCCCCCCCCCCCCC. The van der Waals surface area contributed by atoms with E-state index in [1.54, 1.807) is 0 Å². The summed E-state index contributed by atoms with van der Waals surface area (Å²) in [4.78, 5) is 26.0. The van der Waals surface area contributed by atoms with Gasteiger partial charge in [0.25, 0.3) is 0 Å². The molecule has 0 aliphatic carbocycles. The summed E-state index contributed by atoms with van der Waals surface area (Å²) >= 11 is 0. The number of hydrogen-bond donors (Lipinski definition) is 3. The molecule has 0 heterocycles. The molecule has 0 bridgehead atoms. The van der Waals surface area contributed by atoms with E-state index < -0.39 is 18.2 Å². The summed E-state index contributed by atoms with van der Waals surface area (Å²) in [6, 6.07) is -0.710. The third-order valence-electron chi connectivity index (χ3n) is 10.7. The summed E-state index contributed by atoms with van der Waals surface area (Å²) in [5.41, 5.74) is 0. The van der Waals surface area contributed by atoms with Crippen molar-refractivity contribution < 1.29 is 24.5 Å². The van der Waals surface area contributed by atoms with Gasteiger partial charge in [0.1, 0.15) is 6.10 Å². The minimum atomic E-state index is -0.795. The standard InChI is InChI=1S/C51H91NO5/c1-4-7-10-13-16-19-22-25-28-31-34-37-40-43-49(54)48(46-53)52-50(55)45-47(42-39-36-33-30-27-24-21-18-15-12-9-6-3)57-51(56)44-41-38-35-32-29-26-23-20-17-14-11-8-5-2/h8-9,11-12,14,17-18,20-21,23,47-49,53-54H,4-7,10,13,15-16,19,22,24-46H2,1-3H3,(H,52,55)/b11-8+,12-9+,17-14+,21-18+,23-20-. The van der Waals surface area contributed by atoms with Gasteiger partial charge in [-0.15, -0.1) is 0 Å². The second kappa shape index (κ2) is 44.7. The van der Waals surface area contributed by atoms with Gasteiger partial charge in [-0.25, -0.2) is 0 Å². The van der Waals surface area contributed by atoms with Crippen LogP contribution in [-0.2, 0) is 14.3 Å². The van der Waals surface area contributed by atoms with Crippen LogP contribution in [-0.4, -0.2) is 46.9 Å². The number of rotatable bonds is 42. The Balaban J connectivity index is 4.61. The number of esters is 1. The number of aliphatic hydroxyl groups excluding tert-OH is 2. The molecule has 0 spiro atoms. The van der Waals surface area contributed by atoms with Crippen LogP contribution in [0.15, 0.2) is 60.8 Å². The highest BCUT2D eigenvalue weighted by Crippen LogP contribution is 2.17. The van der Waals surface area contributed by atoms with Crippen molar-refractivity contribution >= 4 is 11.9 Å². The summed E-state index contributed by atoms with van der Waals surface area (Å²) in [6.07, 6.45) is 54.2. The van der Waals surface area contributed by atoms with Crippen LogP contribution in [0.3, 0.4) is 0 Å². The Morgan fingerprint density at radius 1 is 0.544 bits per heavy atom. The van der Waals surface area contributed by atoms with Crippen molar-refractivity contribution in [3.05, 3.63) is 60.8 Å². The first kappa shape index (κ1) is 54.6. The zero-order valence-electron chi connectivity index (χ0n) is 37.5. The van der Waals surface area contributed by atoms with E-state index in [1.165, 1.54) is 77.0 Å². The van der Waals surface area contributed by atoms with Crippen LogP contribution in [0.5, 0.6) is 0 Å². The third-order valence-corrected chi connectivity index (χ3v) is 10.7. The van der Waals surface area contributed by atoms with Crippen LogP contribution >= 0.6 is 0 Å². The van der Waals surface area contributed by atoms with Crippen LogP contribution in [0.1, 0.15) is 226 Å². The van der Waals surface area contributed by atoms with Gasteiger partial charge < -0.3 is 20.3 Å². The number of aliphatic hydroxyl groups is 2. The minimum absolute atomic E-state index is 0.0581. The van der Waals surface area contributed by atoms with Gasteiger partial charge >= 0.3 is 5.97 Å². The van der Waals surface area contributed by atoms with Crippen molar-refractivity contribution in [1.29, 1.82) is 0 Å². The number of carbonyl (C=O) groups excluding carboxylic acids is 2. The molecule has 0 aromatic heterocycles. The van der Waals surface area contributed by atoms with Crippen molar-refractivity contribution in [1.82, 2.24) is 5.32 Å². The Hall–Kier alpha value is -2.44. The Labute approximate surface area is 352 Å². The second-order valence-electron chi connectivity index (χ2n) is 16.2. The van der Waals surface area contributed by atoms with E-state index in [2.05, 4.69) is 86.8 Å². The highest BCUT2D eigenvalue weighted by molar-refractivity contribution is 5.77. The Kier molecular flexibility index (Phi) is 42.7. The van der Waals surface area contributed by atoms with Crippen molar-refractivity contribution in [3.8, 4) is 0 Å². The molecule has 1 amide bonds. The van der Waals surface area contributed by atoms with Gasteiger partial charge in [0.15, 0.2) is 0 Å². The molecule has 0 rings (SSSR count). The van der Waals surface area contributed by atoms with Crippen molar-refractivity contribution in [2.45, 2.75) is 244 Å². The molecule has 57 heavy (non-hydrogen) atoms. The van der Waals surface area contributed by atoms with E-state index in [9.17, 15) is 19.8 Å². The number of hydrogen-bond acceptors (Lipinski definition) is 5. The maximum Gasteiger partial charge on any atom is 0.306 e. The summed E-state index contributed by atoms with van der Waals surface area (Å²) in [7, 11) is 0. The molecule has 6 heteroatoms. The second-order valence-corrected chi connectivity index (χ2v) is 16.2. The zero-order valence-corrected chi connectivity index (χ0v) is 37.5. The Bertz CT molecular complexity index is 1030. The lowest BCUT2D eigenvalue weighted by Crippen LogP contribution is -2.46. The fourth-order valence-electron chi connectivity index (χ4n) is 7.06. The predicted octanol–water partition coefficient (Wildman–Crippen LogP) is 14.1. The number of amides is 1. The van der Waals surface area contributed by atoms with E-state index in [0.29, 0.717) is 19.3 Å². The number of nitrogens with one attached hydrogen (secondary N) is 1. The topological polar surface area (TPSA) is 95.9 Å². The van der Waals surface area contributed by atoms with Crippen LogP contribution in [0.2, 0.25) is 0 Å². The number of carbonyl (C=O) groups is 2. The van der Waals surface area contributed by atoms with Crippen molar-refractivity contribution in [2.75, 3.05) is 6.61 Å². The highest BCUT2D eigenvalue weighted by Gasteiger charge is 2.24. The van der Waals surface area contributed by atoms with Gasteiger partial charge in [-0.1, -0.05) is 204 Å². The smallest absolute Gasteiger partial charge is 0.306 e. The van der Waals surface area contributed by atoms with Gasteiger partial charge in [0.05, 0.1) is 25.2 Å². The largest absolute Gasteiger partial charge is 0.462 e. The summed E-state index contributed by atoms with van der Waals surface area (Å²) in [6.45, 7) is 6.23. The average Bonchev–Trinajstić information content (AvgIpc) is 3.20. The number of ether oxygens (including phenoxy) is 1. The lowest BCUT2D eigenvalue weighted by molar-refractivity contribution is -0.151. The summed E-state index contributed by atoms with van der Waals surface area (Å²) < 4.78 is 5.90. The molecule has 0 radical (unpaired) electrons. The van der Waals surface area contributed by atoms with E-state index in [1.807, 2.05) is 0 Å². The van der Waals surface area contributed by atoms with Crippen LogP contribution < -0.4 is 5.32 Å². The van der Waals surface area contributed by atoms with Crippen LogP contribution in [0.25, 0.3) is 0 Å². The lowest BCUT2D eigenvalue weighted by Gasteiger charge is -2.24. The monoisotopic (exact) mass is 798 g/mol. The molecule has 0 fully saturated rings. The van der Waals surface area contributed by atoms with Gasteiger partial charge in [0.2, 0.25) is 5.91 Å². The number of unbranched alkanes of at least 4 members (excludes halogenated alkanes) is 22. The average molecular weight is 798 g/mol. The quantitative estimate of drug-likeness (QED) is 0.0247. The van der Waals surface area contributed by atoms with Crippen LogP contribution in [0, 0.1) is 0 Å². The molecule has 3 atom stereocenters. The molecular formula is C51H91NO5. The molecule has 0 saturated carbocycles. The lowest BCUT2D eigenvalue weighted by atomic mass is 10.0. The molecule has 330 valence electrons. The molecular weight excluding hydrogens is 707 g/mol. The molecule has 0 aliphatic rings. The van der Waals surface area contributed by atoms with Gasteiger partial charge in [-0.2, -0.15) is 0 Å². The molecule has 3 unspecified atom stereocenters. The third kappa shape index (κ3) is 40.1. The van der Waals surface area contributed by atoms with E-state index >= 15 is 0 Å². The fourth-order valence-corrected chi connectivity index (χ4v) is 7.06. The number of allylic oxidation sites excluding steroid dienone is 10. The Morgan fingerprint density at radius 2 is 1.04 bits per heavy atom. The maximum absolute atomic E-state index is 13.2. The maximum atomic E-state index is 13.2.